The van der Waals surface area contributed by atoms with Gasteiger partial charge in [0, 0.05) is 18.9 Å². The quantitative estimate of drug-likeness (QED) is 0.671. The number of Topliss-reactive ketones (excluding diaryl/α,β-unsaturated/α-hetero) is 1. The van der Waals surface area contributed by atoms with Gasteiger partial charge in [-0.1, -0.05) is 13.8 Å². The van der Waals surface area contributed by atoms with Gasteiger partial charge in [0.15, 0.2) is 0 Å². The van der Waals surface area contributed by atoms with Crippen LogP contribution >= 0.6 is 0 Å². The molecule has 0 aromatic heterocycles. The van der Waals surface area contributed by atoms with Crippen LogP contribution in [0.1, 0.15) is 46.0 Å². The van der Waals surface area contributed by atoms with Gasteiger partial charge < -0.3 is 4.74 Å². The number of carbonyl (C=O) groups is 1. The fourth-order valence-electron chi connectivity index (χ4n) is 1.63. The molecule has 1 aliphatic heterocycles. The van der Waals surface area contributed by atoms with Crippen molar-refractivity contribution < 1.29 is 9.53 Å². The van der Waals surface area contributed by atoms with E-state index in [1.165, 1.54) is 12.8 Å². The van der Waals surface area contributed by atoms with Crippen molar-refractivity contribution in [1.82, 2.24) is 0 Å². The van der Waals surface area contributed by atoms with Crippen LogP contribution in [0.2, 0.25) is 0 Å². The topological polar surface area (TPSA) is 26.3 Å². The lowest BCUT2D eigenvalue weighted by Crippen LogP contribution is -2.20. The molecule has 1 saturated heterocycles. The Morgan fingerprint density at radius 1 is 1.46 bits per heavy atom. The fraction of sp³-hybridized carbons (Fsp3) is 0.909. The van der Waals surface area contributed by atoms with E-state index in [0.29, 0.717) is 18.3 Å². The summed E-state index contributed by atoms with van der Waals surface area (Å²) in [5, 5.41) is 0. The smallest absolute Gasteiger partial charge is 0.135 e. The van der Waals surface area contributed by atoms with Gasteiger partial charge in [-0.3, -0.25) is 4.79 Å². The van der Waals surface area contributed by atoms with Gasteiger partial charge in [-0.15, -0.1) is 0 Å². The van der Waals surface area contributed by atoms with E-state index in [1.807, 2.05) is 13.8 Å². The minimum Gasteiger partial charge on any atom is -0.378 e. The summed E-state index contributed by atoms with van der Waals surface area (Å²) >= 11 is 0. The summed E-state index contributed by atoms with van der Waals surface area (Å²) in [4.78, 5) is 11.3. The molecule has 76 valence electrons. The molecule has 2 heteroatoms. The average Bonchev–Trinajstić information content (AvgIpc) is 2.15. The van der Waals surface area contributed by atoms with Gasteiger partial charge in [0.25, 0.3) is 0 Å². The maximum atomic E-state index is 11.3. The summed E-state index contributed by atoms with van der Waals surface area (Å²) in [5.41, 5.74) is 0. The zero-order chi connectivity index (χ0) is 9.68. The second kappa shape index (κ2) is 5.38. The van der Waals surface area contributed by atoms with E-state index < -0.39 is 0 Å². The highest BCUT2D eigenvalue weighted by atomic mass is 16.5. The molecule has 0 aromatic carbocycles. The first-order valence-electron chi connectivity index (χ1n) is 5.34. The van der Waals surface area contributed by atoms with Gasteiger partial charge in [0.2, 0.25) is 0 Å². The summed E-state index contributed by atoms with van der Waals surface area (Å²) in [6, 6.07) is 0. The Labute approximate surface area is 80.7 Å². The summed E-state index contributed by atoms with van der Waals surface area (Å²) in [6.45, 7) is 4.81. The molecular formula is C11H20O2. The van der Waals surface area contributed by atoms with Crippen molar-refractivity contribution in [3.05, 3.63) is 0 Å². The number of hydrogen-bond donors (Lipinski definition) is 0. The highest BCUT2D eigenvalue weighted by molar-refractivity contribution is 5.80. The largest absolute Gasteiger partial charge is 0.378 e. The van der Waals surface area contributed by atoms with Crippen LogP contribution in [0.15, 0.2) is 0 Å². The zero-order valence-corrected chi connectivity index (χ0v) is 8.71. The molecule has 1 fully saturated rings. The molecule has 1 unspecified atom stereocenters. The molecule has 0 amide bonds. The fourth-order valence-corrected chi connectivity index (χ4v) is 1.63. The second-order valence-corrected chi connectivity index (χ2v) is 4.15. The summed E-state index contributed by atoms with van der Waals surface area (Å²) in [5.74, 6) is 0.553. The standard InChI is InChI=1S/C11H20O2/c1-9(2)11(12)7-6-10-5-3-4-8-13-10/h9-10H,3-8H2,1-2H3. The molecule has 2 nitrogen and oxygen atoms in total. The summed E-state index contributed by atoms with van der Waals surface area (Å²) < 4.78 is 5.56. The van der Waals surface area contributed by atoms with Crippen LogP contribution in [0.25, 0.3) is 0 Å². The Morgan fingerprint density at radius 3 is 2.77 bits per heavy atom. The van der Waals surface area contributed by atoms with Crippen LogP contribution in [-0.4, -0.2) is 18.5 Å². The van der Waals surface area contributed by atoms with Crippen LogP contribution in [0, 0.1) is 5.92 Å². The van der Waals surface area contributed by atoms with Crippen molar-refractivity contribution in [2.75, 3.05) is 6.61 Å². The lowest BCUT2D eigenvalue weighted by molar-refractivity contribution is -0.122. The van der Waals surface area contributed by atoms with Crippen LogP contribution in [0.3, 0.4) is 0 Å². The van der Waals surface area contributed by atoms with Crippen molar-refractivity contribution in [2.24, 2.45) is 5.92 Å². The average molecular weight is 184 g/mol. The van der Waals surface area contributed by atoms with Crippen LogP contribution in [-0.2, 0) is 9.53 Å². The van der Waals surface area contributed by atoms with Gasteiger partial charge in [-0.05, 0) is 25.7 Å². The SMILES string of the molecule is CC(C)C(=O)CCC1CCCCO1. The van der Waals surface area contributed by atoms with Gasteiger partial charge in [0.05, 0.1) is 6.10 Å². The van der Waals surface area contributed by atoms with E-state index in [0.717, 1.165) is 19.4 Å². The van der Waals surface area contributed by atoms with Crippen molar-refractivity contribution in [3.8, 4) is 0 Å². The van der Waals surface area contributed by atoms with E-state index >= 15 is 0 Å². The first kappa shape index (κ1) is 10.7. The molecule has 0 spiro atoms. The molecule has 0 N–H and O–H groups in total. The summed E-state index contributed by atoms with van der Waals surface area (Å²) in [7, 11) is 0. The number of ether oxygens (including phenoxy) is 1. The molecule has 1 heterocycles. The molecule has 1 atom stereocenters. The van der Waals surface area contributed by atoms with E-state index in [2.05, 4.69) is 0 Å². The maximum Gasteiger partial charge on any atom is 0.135 e. The maximum absolute atomic E-state index is 11.3. The molecule has 13 heavy (non-hydrogen) atoms. The molecular weight excluding hydrogens is 164 g/mol. The Morgan fingerprint density at radius 2 is 2.23 bits per heavy atom. The molecule has 0 aromatic rings. The zero-order valence-electron chi connectivity index (χ0n) is 8.71. The molecule has 1 aliphatic rings. The first-order chi connectivity index (χ1) is 6.20. The predicted molar refractivity (Wildman–Crippen MR) is 52.7 cm³/mol. The van der Waals surface area contributed by atoms with Gasteiger partial charge >= 0.3 is 0 Å². The van der Waals surface area contributed by atoms with E-state index in [-0.39, 0.29) is 5.92 Å². The van der Waals surface area contributed by atoms with Crippen LogP contribution < -0.4 is 0 Å². The van der Waals surface area contributed by atoms with E-state index in [9.17, 15) is 4.79 Å². The highest BCUT2D eigenvalue weighted by Gasteiger charge is 2.16. The molecule has 0 aliphatic carbocycles. The van der Waals surface area contributed by atoms with Crippen molar-refractivity contribution >= 4 is 5.78 Å². The lowest BCUT2D eigenvalue weighted by atomic mass is 9.99. The summed E-state index contributed by atoms with van der Waals surface area (Å²) in [6.07, 6.45) is 5.58. The lowest BCUT2D eigenvalue weighted by Gasteiger charge is -2.22. The third kappa shape index (κ3) is 3.90. The number of rotatable bonds is 4. The molecule has 0 saturated carbocycles. The third-order valence-electron chi connectivity index (χ3n) is 2.63. The van der Waals surface area contributed by atoms with Crippen molar-refractivity contribution in [2.45, 2.75) is 52.1 Å². The normalized spacial score (nSPS) is 23.5. The minimum absolute atomic E-state index is 0.184. The highest BCUT2D eigenvalue weighted by Crippen LogP contribution is 2.17. The molecule has 0 bridgehead atoms. The predicted octanol–water partition coefficient (Wildman–Crippen LogP) is 2.56. The van der Waals surface area contributed by atoms with Crippen LogP contribution in [0.5, 0.6) is 0 Å². The van der Waals surface area contributed by atoms with Gasteiger partial charge in [0.1, 0.15) is 5.78 Å². The van der Waals surface area contributed by atoms with Crippen molar-refractivity contribution in [3.63, 3.8) is 0 Å². The number of hydrogen-bond acceptors (Lipinski definition) is 2. The Hall–Kier alpha value is -0.370. The minimum atomic E-state index is 0.184. The monoisotopic (exact) mass is 184 g/mol. The first-order valence-corrected chi connectivity index (χ1v) is 5.34. The van der Waals surface area contributed by atoms with E-state index in [4.69, 9.17) is 4.74 Å². The number of carbonyl (C=O) groups excluding carboxylic acids is 1. The van der Waals surface area contributed by atoms with Crippen LogP contribution in [0.4, 0.5) is 0 Å². The van der Waals surface area contributed by atoms with Gasteiger partial charge in [-0.2, -0.15) is 0 Å². The molecule has 1 rings (SSSR count). The van der Waals surface area contributed by atoms with Crippen molar-refractivity contribution in [1.29, 1.82) is 0 Å². The van der Waals surface area contributed by atoms with E-state index in [1.54, 1.807) is 0 Å². The second-order valence-electron chi connectivity index (χ2n) is 4.15. The Kier molecular flexibility index (Phi) is 4.43. The van der Waals surface area contributed by atoms with Gasteiger partial charge in [-0.25, -0.2) is 0 Å². The third-order valence-corrected chi connectivity index (χ3v) is 2.63. The Bertz CT molecular complexity index is 157. The molecule has 0 radical (unpaired) electrons. The Balaban J connectivity index is 2.13. The number of ketones is 1.